The molecule has 1 saturated heterocycles. The number of anilines is 3. The highest BCUT2D eigenvalue weighted by atomic mass is 16.5. The van der Waals surface area contributed by atoms with Gasteiger partial charge in [0, 0.05) is 24.8 Å². The van der Waals surface area contributed by atoms with Gasteiger partial charge in [0.2, 0.25) is 0 Å². The SMILES string of the molecule is COc1ccc(-c2cnc(N)c(C(=O)Nc3cnccc3N3CCOCC3)n2)cc1. The Bertz CT molecular complexity index is 1040. The minimum absolute atomic E-state index is 0.0556. The van der Waals surface area contributed by atoms with E-state index < -0.39 is 5.91 Å². The quantitative estimate of drug-likeness (QED) is 0.663. The molecule has 4 rings (SSSR count). The van der Waals surface area contributed by atoms with Gasteiger partial charge in [0.05, 0.1) is 49.8 Å². The maximum absolute atomic E-state index is 13.0. The maximum atomic E-state index is 13.0. The molecule has 30 heavy (non-hydrogen) atoms. The van der Waals surface area contributed by atoms with Crippen molar-refractivity contribution < 1.29 is 14.3 Å². The van der Waals surface area contributed by atoms with Crippen LogP contribution in [0.3, 0.4) is 0 Å². The number of carbonyl (C=O) groups excluding carboxylic acids is 1. The molecule has 154 valence electrons. The van der Waals surface area contributed by atoms with Gasteiger partial charge in [-0.15, -0.1) is 0 Å². The zero-order valence-corrected chi connectivity index (χ0v) is 16.5. The van der Waals surface area contributed by atoms with Crippen molar-refractivity contribution in [3.8, 4) is 17.0 Å². The van der Waals surface area contributed by atoms with E-state index >= 15 is 0 Å². The minimum Gasteiger partial charge on any atom is -0.497 e. The van der Waals surface area contributed by atoms with Gasteiger partial charge in [0.25, 0.3) is 5.91 Å². The molecule has 1 amide bonds. The molecule has 1 fully saturated rings. The van der Waals surface area contributed by atoms with Gasteiger partial charge in [-0.2, -0.15) is 0 Å². The number of pyridine rings is 1. The summed E-state index contributed by atoms with van der Waals surface area (Å²) in [4.78, 5) is 27.8. The molecule has 3 N–H and O–H groups in total. The van der Waals surface area contributed by atoms with Gasteiger partial charge in [-0.25, -0.2) is 9.97 Å². The van der Waals surface area contributed by atoms with Crippen LogP contribution in [0.4, 0.5) is 17.2 Å². The van der Waals surface area contributed by atoms with E-state index in [9.17, 15) is 4.79 Å². The number of rotatable bonds is 5. The fourth-order valence-corrected chi connectivity index (χ4v) is 3.21. The highest BCUT2D eigenvalue weighted by Crippen LogP contribution is 2.27. The first-order valence-electron chi connectivity index (χ1n) is 9.50. The Kier molecular flexibility index (Phi) is 5.71. The molecule has 1 aliphatic heterocycles. The summed E-state index contributed by atoms with van der Waals surface area (Å²) >= 11 is 0. The molecule has 1 aromatic carbocycles. The number of nitrogens with zero attached hydrogens (tertiary/aromatic N) is 4. The van der Waals surface area contributed by atoms with E-state index in [1.54, 1.807) is 19.5 Å². The second-order valence-corrected chi connectivity index (χ2v) is 6.66. The number of hydrogen-bond donors (Lipinski definition) is 2. The summed E-state index contributed by atoms with van der Waals surface area (Å²) in [7, 11) is 1.60. The molecule has 9 heteroatoms. The number of amides is 1. The standard InChI is InChI=1S/C21H22N6O3/c1-29-15-4-2-14(3-5-15)16-13-24-20(22)19(25-16)21(28)26-17-12-23-7-6-18(17)27-8-10-30-11-9-27/h2-7,12-13H,8-11H2,1H3,(H2,22,24)(H,26,28). The summed E-state index contributed by atoms with van der Waals surface area (Å²) in [5, 5.41) is 2.88. The lowest BCUT2D eigenvalue weighted by Crippen LogP contribution is -2.36. The van der Waals surface area contributed by atoms with E-state index in [1.807, 2.05) is 30.3 Å². The second kappa shape index (κ2) is 8.75. The van der Waals surface area contributed by atoms with Crippen molar-refractivity contribution in [2.24, 2.45) is 0 Å². The number of nitrogen functional groups attached to an aromatic ring is 1. The minimum atomic E-state index is -0.446. The van der Waals surface area contributed by atoms with Crippen LogP contribution in [0.25, 0.3) is 11.3 Å². The van der Waals surface area contributed by atoms with Crippen LogP contribution in [0.5, 0.6) is 5.75 Å². The zero-order valence-electron chi connectivity index (χ0n) is 16.5. The molecule has 9 nitrogen and oxygen atoms in total. The van der Waals surface area contributed by atoms with Crippen molar-refractivity contribution in [2.75, 3.05) is 49.4 Å². The maximum Gasteiger partial charge on any atom is 0.278 e. The predicted octanol–water partition coefficient (Wildman–Crippen LogP) is 2.22. The second-order valence-electron chi connectivity index (χ2n) is 6.66. The summed E-state index contributed by atoms with van der Waals surface area (Å²) in [6.45, 7) is 2.75. The molecule has 0 unspecified atom stereocenters. The Balaban J connectivity index is 1.59. The van der Waals surface area contributed by atoms with Crippen LogP contribution in [0.1, 0.15) is 10.5 Å². The van der Waals surface area contributed by atoms with Crippen molar-refractivity contribution in [1.82, 2.24) is 15.0 Å². The van der Waals surface area contributed by atoms with E-state index in [-0.39, 0.29) is 11.5 Å². The number of carbonyl (C=O) groups is 1. The number of nitrogens with two attached hydrogens (primary N) is 1. The van der Waals surface area contributed by atoms with Crippen molar-refractivity contribution in [2.45, 2.75) is 0 Å². The van der Waals surface area contributed by atoms with Crippen LogP contribution in [-0.2, 0) is 4.74 Å². The summed E-state index contributed by atoms with van der Waals surface area (Å²) < 4.78 is 10.6. The van der Waals surface area contributed by atoms with Crippen molar-refractivity contribution >= 4 is 23.1 Å². The molecule has 0 aliphatic carbocycles. The Morgan fingerprint density at radius 3 is 2.67 bits per heavy atom. The predicted molar refractivity (Wildman–Crippen MR) is 114 cm³/mol. The first kappa shape index (κ1) is 19.6. The van der Waals surface area contributed by atoms with Gasteiger partial charge in [0.1, 0.15) is 5.75 Å². The monoisotopic (exact) mass is 406 g/mol. The summed E-state index contributed by atoms with van der Waals surface area (Å²) in [5.41, 5.74) is 8.80. The summed E-state index contributed by atoms with van der Waals surface area (Å²) in [5.74, 6) is 0.340. The molecule has 3 aromatic rings. The first-order chi connectivity index (χ1) is 14.7. The number of ether oxygens (including phenoxy) is 2. The molecule has 0 atom stereocenters. The third-order valence-electron chi connectivity index (χ3n) is 4.80. The Hall–Kier alpha value is -3.72. The number of morpholine rings is 1. The van der Waals surface area contributed by atoms with Crippen LogP contribution >= 0.6 is 0 Å². The number of methoxy groups -OCH3 is 1. The number of nitrogens with one attached hydrogen (secondary N) is 1. The van der Waals surface area contributed by atoms with Gasteiger partial charge in [0.15, 0.2) is 11.5 Å². The van der Waals surface area contributed by atoms with E-state index in [2.05, 4.69) is 25.2 Å². The van der Waals surface area contributed by atoms with Crippen LogP contribution in [0.15, 0.2) is 48.9 Å². The Labute approximate surface area is 173 Å². The third kappa shape index (κ3) is 4.15. The lowest BCUT2D eigenvalue weighted by Gasteiger charge is -2.30. The molecule has 1 aliphatic rings. The number of aromatic nitrogens is 3. The highest BCUT2D eigenvalue weighted by molar-refractivity contribution is 6.07. The largest absolute Gasteiger partial charge is 0.497 e. The third-order valence-corrected chi connectivity index (χ3v) is 4.80. The summed E-state index contributed by atoms with van der Waals surface area (Å²) in [6.07, 6.45) is 4.84. The molecular formula is C21H22N6O3. The Morgan fingerprint density at radius 1 is 1.17 bits per heavy atom. The number of benzene rings is 1. The lowest BCUT2D eigenvalue weighted by molar-refractivity contribution is 0.102. The van der Waals surface area contributed by atoms with E-state index in [0.29, 0.717) is 24.6 Å². The van der Waals surface area contributed by atoms with Crippen LogP contribution in [0.2, 0.25) is 0 Å². The highest BCUT2D eigenvalue weighted by Gasteiger charge is 2.19. The average molecular weight is 406 g/mol. The molecule has 2 aromatic heterocycles. The fraction of sp³-hybridized carbons (Fsp3) is 0.238. The lowest BCUT2D eigenvalue weighted by atomic mass is 10.1. The molecule has 3 heterocycles. The normalized spacial score (nSPS) is 13.7. The van der Waals surface area contributed by atoms with Gasteiger partial charge in [-0.1, -0.05) is 0 Å². The van der Waals surface area contributed by atoms with Crippen LogP contribution < -0.4 is 20.7 Å². The fourth-order valence-electron chi connectivity index (χ4n) is 3.21. The van der Waals surface area contributed by atoms with E-state index in [4.69, 9.17) is 15.2 Å². The van der Waals surface area contributed by atoms with Gasteiger partial charge >= 0.3 is 0 Å². The molecule has 0 spiro atoms. The Morgan fingerprint density at radius 2 is 1.93 bits per heavy atom. The first-order valence-corrected chi connectivity index (χ1v) is 9.50. The topological polar surface area (TPSA) is 115 Å². The molecule has 0 radical (unpaired) electrons. The van der Waals surface area contributed by atoms with Gasteiger partial charge < -0.3 is 25.4 Å². The van der Waals surface area contributed by atoms with Crippen LogP contribution in [0, 0.1) is 0 Å². The summed E-state index contributed by atoms with van der Waals surface area (Å²) in [6, 6.07) is 9.19. The molecular weight excluding hydrogens is 384 g/mol. The van der Waals surface area contributed by atoms with Gasteiger partial charge in [-0.3, -0.25) is 9.78 Å². The van der Waals surface area contributed by atoms with Crippen LogP contribution in [-0.4, -0.2) is 54.3 Å². The average Bonchev–Trinajstić information content (AvgIpc) is 2.80. The molecule has 0 saturated carbocycles. The van der Waals surface area contributed by atoms with E-state index in [0.717, 1.165) is 30.1 Å². The zero-order chi connectivity index (χ0) is 20.9. The molecule has 0 bridgehead atoms. The van der Waals surface area contributed by atoms with Crippen molar-refractivity contribution in [3.63, 3.8) is 0 Å². The van der Waals surface area contributed by atoms with Gasteiger partial charge in [-0.05, 0) is 30.3 Å². The van der Waals surface area contributed by atoms with E-state index in [1.165, 1.54) is 6.20 Å². The number of hydrogen-bond acceptors (Lipinski definition) is 8. The van der Waals surface area contributed by atoms with Crippen molar-refractivity contribution in [3.05, 3.63) is 54.6 Å². The van der Waals surface area contributed by atoms with Crippen molar-refractivity contribution in [1.29, 1.82) is 0 Å². The smallest absolute Gasteiger partial charge is 0.278 e.